The Labute approximate surface area is 58.8 Å². The molecule has 0 aromatic heterocycles. The van der Waals surface area contributed by atoms with Crippen molar-refractivity contribution in [1.82, 2.24) is 10.6 Å². The van der Waals surface area contributed by atoms with Crippen molar-refractivity contribution in [1.29, 1.82) is 0 Å². The van der Waals surface area contributed by atoms with Crippen molar-refractivity contribution in [2.24, 2.45) is 0 Å². The number of fused-ring (bicyclic) bond motifs is 1. The minimum absolute atomic E-state index is 0.510. The summed E-state index contributed by atoms with van der Waals surface area (Å²) in [6.45, 7) is 0.510. The monoisotopic (exact) mass is 135 g/mol. The van der Waals surface area contributed by atoms with Crippen LogP contribution in [-0.4, -0.2) is 10.4 Å². The maximum Gasteiger partial charge on any atom is 0.0848 e. The average molecular weight is 135 g/mol. The average Bonchev–Trinajstić information content (AvgIpc) is 2.27. The van der Waals surface area contributed by atoms with Crippen LogP contribution in [0.3, 0.4) is 0 Å². The molecule has 0 unspecified atom stereocenters. The lowest BCUT2D eigenvalue weighted by molar-refractivity contribution is -0.123. The summed E-state index contributed by atoms with van der Waals surface area (Å²) in [5.74, 6) is 0. The molecule has 1 aliphatic heterocycles. The number of hydrogen-bond donors (Lipinski definition) is 1. The van der Waals surface area contributed by atoms with Gasteiger partial charge in [-0.15, -0.1) is 0 Å². The molecule has 1 aromatic carbocycles. The van der Waals surface area contributed by atoms with Crippen LogP contribution in [0.2, 0.25) is 0 Å². The highest BCUT2D eigenvalue weighted by Crippen LogP contribution is 2.22. The van der Waals surface area contributed by atoms with E-state index in [1.165, 1.54) is 0 Å². The molecule has 1 heterocycles. The molecule has 51 valence electrons. The van der Waals surface area contributed by atoms with Crippen LogP contribution in [-0.2, 0) is 6.54 Å². The largest absolute Gasteiger partial charge is 0.293 e. The van der Waals surface area contributed by atoms with Crippen molar-refractivity contribution in [2.45, 2.75) is 6.54 Å². The van der Waals surface area contributed by atoms with E-state index in [0.717, 1.165) is 16.4 Å². The predicted molar refractivity (Wildman–Crippen MR) is 35.6 cm³/mol. The van der Waals surface area contributed by atoms with Gasteiger partial charge in [0.1, 0.15) is 0 Å². The second-order valence-electron chi connectivity index (χ2n) is 2.26. The van der Waals surface area contributed by atoms with Gasteiger partial charge in [-0.05, 0) is 11.6 Å². The van der Waals surface area contributed by atoms with E-state index in [4.69, 9.17) is 5.21 Å². The molecule has 0 amide bonds. The van der Waals surface area contributed by atoms with E-state index in [0.29, 0.717) is 6.54 Å². The van der Waals surface area contributed by atoms with Gasteiger partial charge >= 0.3 is 0 Å². The van der Waals surface area contributed by atoms with E-state index in [1.807, 2.05) is 24.3 Å². The smallest absolute Gasteiger partial charge is 0.0848 e. The van der Waals surface area contributed by atoms with E-state index in [-0.39, 0.29) is 0 Å². The molecule has 1 radical (unpaired) electrons. The molecule has 0 fully saturated rings. The Bertz CT molecular complexity index is 224. The lowest BCUT2D eigenvalue weighted by Gasteiger charge is -1.99. The summed E-state index contributed by atoms with van der Waals surface area (Å²) < 4.78 is 0. The normalized spacial score (nSPS) is 16.5. The lowest BCUT2D eigenvalue weighted by atomic mass is 10.2. The van der Waals surface area contributed by atoms with Crippen molar-refractivity contribution in [2.75, 3.05) is 0 Å². The number of hydroxylamine groups is 1. The Balaban J connectivity index is 2.42. The van der Waals surface area contributed by atoms with Crippen LogP contribution in [0, 0.1) is 0 Å². The topological polar surface area (TPSA) is 37.6 Å². The summed E-state index contributed by atoms with van der Waals surface area (Å²) >= 11 is 0. The van der Waals surface area contributed by atoms with Crippen LogP contribution in [0.4, 0.5) is 5.69 Å². The van der Waals surface area contributed by atoms with Gasteiger partial charge in [0.15, 0.2) is 0 Å². The first-order valence-corrected chi connectivity index (χ1v) is 3.12. The van der Waals surface area contributed by atoms with Crippen LogP contribution < -0.4 is 5.43 Å². The van der Waals surface area contributed by atoms with E-state index in [9.17, 15) is 0 Å². The van der Waals surface area contributed by atoms with Gasteiger partial charge in [0, 0.05) is 0 Å². The molecule has 2 rings (SSSR count). The Morgan fingerprint density at radius 1 is 1.40 bits per heavy atom. The predicted octanol–water partition coefficient (Wildman–Crippen LogP) is 1.04. The van der Waals surface area contributed by atoms with Gasteiger partial charge in [0.2, 0.25) is 0 Å². The van der Waals surface area contributed by atoms with Crippen molar-refractivity contribution in [3.63, 3.8) is 0 Å². The van der Waals surface area contributed by atoms with Crippen molar-refractivity contribution in [3.8, 4) is 0 Å². The number of rotatable bonds is 0. The molecule has 0 aliphatic carbocycles. The molecule has 0 bridgehead atoms. The fourth-order valence-corrected chi connectivity index (χ4v) is 1.05. The molecule has 0 saturated carbocycles. The summed E-state index contributed by atoms with van der Waals surface area (Å²) in [5.41, 5.74) is 5.78. The molecule has 3 heteroatoms. The summed E-state index contributed by atoms with van der Waals surface area (Å²) in [5, 5.41) is 9.87. The number of benzene rings is 1. The minimum Gasteiger partial charge on any atom is -0.293 e. The number of hydrogen-bond acceptors (Lipinski definition) is 2. The zero-order valence-corrected chi connectivity index (χ0v) is 5.36. The Morgan fingerprint density at radius 3 is 3.00 bits per heavy atom. The van der Waals surface area contributed by atoms with Gasteiger partial charge < -0.3 is 0 Å². The molecule has 1 aromatic rings. The van der Waals surface area contributed by atoms with Gasteiger partial charge in [-0.2, -0.15) is 5.43 Å². The van der Waals surface area contributed by atoms with E-state index in [2.05, 4.69) is 5.43 Å². The highest BCUT2D eigenvalue weighted by molar-refractivity contribution is 5.46. The molecular formula is C7H7N2O. The highest BCUT2D eigenvalue weighted by Gasteiger charge is 2.16. The lowest BCUT2D eigenvalue weighted by Crippen LogP contribution is -2.16. The second-order valence-corrected chi connectivity index (χ2v) is 2.26. The minimum atomic E-state index is 0.510. The van der Waals surface area contributed by atoms with Crippen LogP contribution in [0.1, 0.15) is 5.56 Å². The molecule has 1 N–H and O–H groups in total. The number of nitrogens with zero attached hydrogens (tertiary/aromatic N) is 2. The van der Waals surface area contributed by atoms with Crippen LogP contribution in [0.5, 0.6) is 0 Å². The van der Waals surface area contributed by atoms with Crippen LogP contribution in [0.25, 0.3) is 0 Å². The maximum absolute atomic E-state index is 8.92. The molecule has 10 heavy (non-hydrogen) atoms. The first-order chi connectivity index (χ1) is 4.86. The Kier molecular flexibility index (Phi) is 1.12. The molecule has 0 atom stereocenters. The second kappa shape index (κ2) is 1.97. The molecule has 1 aliphatic rings. The van der Waals surface area contributed by atoms with Crippen molar-refractivity contribution < 1.29 is 5.21 Å². The van der Waals surface area contributed by atoms with E-state index in [1.54, 1.807) is 0 Å². The van der Waals surface area contributed by atoms with Crippen LogP contribution >= 0.6 is 0 Å². The fraction of sp³-hybridized carbons (Fsp3) is 0.143. The summed E-state index contributed by atoms with van der Waals surface area (Å²) in [6.07, 6.45) is 0. The molecule has 0 spiro atoms. The summed E-state index contributed by atoms with van der Waals surface area (Å²) in [6, 6.07) is 7.68. The third-order valence-corrected chi connectivity index (χ3v) is 1.53. The molecular weight excluding hydrogens is 128 g/mol. The highest BCUT2D eigenvalue weighted by atomic mass is 16.5. The van der Waals surface area contributed by atoms with E-state index >= 15 is 0 Å². The molecule has 3 nitrogen and oxygen atoms in total. The van der Waals surface area contributed by atoms with Gasteiger partial charge in [-0.25, -0.2) is 0 Å². The maximum atomic E-state index is 8.92. The first kappa shape index (κ1) is 5.70. The van der Waals surface area contributed by atoms with Gasteiger partial charge in [-0.1, -0.05) is 23.4 Å². The van der Waals surface area contributed by atoms with Gasteiger partial charge in [-0.3, -0.25) is 5.21 Å². The third kappa shape index (κ3) is 0.761. The first-order valence-electron chi connectivity index (χ1n) is 3.12. The van der Waals surface area contributed by atoms with E-state index < -0.39 is 0 Å². The third-order valence-electron chi connectivity index (χ3n) is 1.53. The Morgan fingerprint density at radius 2 is 2.20 bits per heavy atom. The van der Waals surface area contributed by atoms with Gasteiger partial charge in [0.05, 0.1) is 12.2 Å². The molecule has 0 saturated heterocycles. The zero-order chi connectivity index (χ0) is 6.97. The SMILES string of the molecule is ON1Cc2ccccc2[N]1. The van der Waals surface area contributed by atoms with Crippen molar-refractivity contribution in [3.05, 3.63) is 29.8 Å². The van der Waals surface area contributed by atoms with Gasteiger partial charge in [0.25, 0.3) is 0 Å². The zero-order valence-electron chi connectivity index (χ0n) is 5.36. The fourth-order valence-electron chi connectivity index (χ4n) is 1.05. The standard InChI is InChI=1S/C7H7N2O/c10-9-5-6-3-1-2-4-7(6)8-9/h1-4,10H,5H2. The Hall–Kier alpha value is -1.06. The van der Waals surface area contributed by atoms with Crippen molar-refractivity contribution >= 4 is 5.69 Å². The summed E-state index contributed by atoms with van der Waals surface area (Å²) in [7, 11) is 0. The summed E-state index contributed by atoms with van der Waals surface area (Å²) in [4.78, 5) is 0. The van der Waals surface area contributed by atoms with Crippen LogP contribution in [0.15, 0.2) is 24.3 Å². The quantitative estimate of drug-likeness (QED) is 0.577.